The van der Waals surface area contributed by atoms with Crippen molar-refractivity contribution < 1.29 is 4.79 Å². The van der Waals surface area contributed by atoms with E-state index in [9.17, 15) is 9.59 Å². The van der Waals surface area contributed by atoms with Crippen LogP contribution in [0.2, 0.25) is 5.02 Å². The fourth-order valence-corrected chi connectivity index (χ4v) is 3.53. The van der Waals surface area contributed by atoms with E-state index in [1.807, 2.05) is 45.9 Å². The highest BCUT2D eigenvalue weighted by molar-refractivity contribution is 6.30. The summed E-state index contributed by atoms with van der Waals surface area (Å²) in [4.78, 5) is 30.6. The normalized spacial score (nSPS) is 10.8. The van der Waals surface area contributed by atoms with E-state index >= 15 is 0 Å². The minimum absolute atomic E-state index is 0.120. The molecule has 0 saturated carbocycles. The number of benzene rings is 2. The summed E-state index contributed by atoms with van der Waals surface area (Å²) < 4.78 is 1.44. The van der Waals surface area contributed by atoms with Gasteiger partial charge in [0.05, 0.1) is 0 Å². The third-order valence-electron chi connectivity index (χ3n) is 4.97. The quantitative estimate of drug-likeness (QED) is 0.664. The van der Waals surface area contributed by atoms with Crippen LogP contribution in [0.25, 0.3) is 11.4 Å². The van der Waals surface area contributed by atoms with Gasteiger partial charge in [0.2, 0.25) is 5.91 Å². The van der Waals surface area contributed by atoms with E-state index in [0.717, 1.165) is 22.4 Å². The highest BCUT2D eigenvalue weighted by Crippen LogP contribution is 2.22. The molecule has 2 aromatic carbocycles. The number of halogens is 1. The maximum Gasteiger partial charge on any atom is 0.257 e. The number of aromatic nitrogens is 2. The molecule has 0 aliphatic heterocycles. The molecule has 1 aromatic heterocycles. The first-order valence-electron chi connectivity index (χ1n) is 9.54. The Bertz CT molecular complexity index is 1100. The largest absolute Gasteiger partial charge is 0.324 e. The summed E-state index contributed by atoms with van der Waals surface area (Å²) in [5, 5.41) is 3.54. The first-order valence-corrected chi connectivity index (χ1v) is 9.92. The molecule has 1 N–H and O–H groups in total. The molecule has 0 unspecified atom stereocenters. The van der Waals surface area contributed by atoms with Gasteiger partial charge < -0.3 is 5.32 Å². The van der Waals surface area contributed by atoms with Crippen LogP contribution >= 0.6 is 11.6 Å². The number of para-hydroxylation sites is 1. The Hall–Kier alpha value is -2.92. The van der Waals surface area contributed by atoms with E-state index < -0.39 is 0 Å². The number of anilines is 1. The second-order valence-corrected chi connectivity index (χ2v) is 7.50. The summed E-state index contributed by atoms with van der Waals surface area (Å²) in [7, 11) is 0. The molecule has 0 fully saturated rings. The SMILES string of the molecule is CCc1c(C)nc(-c2ccc(Cl)cc2)n(CC(=O)Nc2c(C)cccc2C)c1=O. The van der Waals surface area contributed by atoms with Crippen molar-refractivity contribution in [3.63, 3.8) is 0 Å². The molecule has 0 atom stereocenters. The third-order valence-corrected chi connectivity index (χ3v) is 5.22. The van der Waals surface area contributed by atoms with Crippen LogP contribution in [-0.2, 0) is 17.8 Å². The van der Waals surface area contributed by atoms with E-state index in [2.05, 4.69) is 10.3 Å². The fourth-order valence-electron chi connectivity index (χ4n) is 3.41. The number of carbonyl (C=O) groups excluding carboxylic acids is 1. The molecular weight excluding hydrogens is 386 g/mol. The van der Waals surface area contributed by atoms with Crippen molar-refractivity contribution in [3.05, 3.63) is 80.2 Å². The molecule has 0 saturated heterocycles. The van der Waals surface area contributed by atoms with Crippen molar-refractivity contribution in [2.75, 3.05) is 5.32 Å². The molecule has 3 rings (SSSR count). The molecule has 0 aliphatic rings. The average molecular weight is 410 g/mol. The highest BCUT2D eigenvalue weighted by Gasteiger charge is 2.18. The van der Waals surface area contributed by atoms with Gasteiger partial charge in [-0.3, -0.25) is 14.2 Å². The van der Waals surface area contributed by atoms with Gasteiger partial charge in [0, 0.05) is 27.5 Å². The summed E-state index contributed by atoms with van der Waals surface area (Å²) in [5.41, 5.74) is 4.55. The predicted octanol–water partition coefficient (Wildman–Crippen LogP) is 4.69. The van der Waals surface area contributed by atoms with Crippen LogP contribution in [0.15, 0.2) is 47.3 Å². The lowest BCUT2D eigenvalue weighted by atomic mass is 10.1. The van der Waals surface area contributed by atoms with Gasteiger partial charge in [-0.15, -0.1) is 0 Å². The van der Waals surface area contributed by atoms with Gasteiger partial charge in [0.25, 0.3) is 5.56 Å². The molecule has 29 heavy (non-hydrogen) atoms. The topological polar surface area (TPSA) is 64.0 Å². The Morgan fingerprint density at radius 2 is 1.69 bits per heavy atom. The van der Waals surface area contributed by atoms with E-state index in [1.54, 1.807) is 24.3 Å². The molecule has 0 aliphatic carbocycles. The summed E-state index contributed by atoms with van der Waals surface area (Å²) in [6, 6.07) is 12.9. The predicted molar refractivity (Wildman–Crippen MR) is 118 cm³/mol. The standard InChI is InChI=1S/C23H24ClN3O2/c1-5-19-16(4)25-22(17-9-11-18(24)12-10-17)27(23(19)29)13-20(28)26-21-14(2)7-6-8-15(21)3/h6-12H,5,13H2,1-4H3,(H,26,28). The molecule has 150 valence electrons. The van der Waals surface area contributed by atoms with Crippen molar-refractivity contribution >= 4 is 23.2 Å². The van der Waals surface area contributed by atoms with Crippen molar-refractivity contribution in [3.8, 4) is 11.4 Å². The van der Waals surface area contributed by atoms with Gasteiger partial charge in [0.15, 0.2) is 0 Å². The number of hydrogen-bond donors (Lipinski definition) is 1. The summed E-state index contributed by atoms with van der Waals surface area (Å²) in [5.74, 6) is 0.186. The first-order chi connectivity index (χ1) is 13.8. The molecule has 0 bridgehead atoms. The number of carbonyl (C=O) groups is 1. The molecular formula is C23H24ClN3O2. The van der Waals surface area contributed by atoms with Gasteiger partial charge >= 0.3 is 0 Å². The lowest BCUT2D eigenvalue weighted by Gasteiger charge is -2.17. The smallest absolute Gasteiger partial charge is 0.257 e. The van der Waals surface area contributed by atoms with Crippen molar-refractivity contribution in [1.29, 1.82) is 0 Å². The second kappa shape index (κ2) is 8.62. The van der Waals surface area contributed by atoms with Crippen LogP contribution in [-0.4, -0.2) is 15.5 Å². The molecule has 0 radical (unpaired) electrons. The Balaban J connectivity index is 2.04. The van der Waals surface area contributed by atoms with Crippen molar-refractivity contribution in [1.82, 2.24) is 9.55 Å². The zero-order valence-corrected chi connectivity index (χ0v) is 17.8. The first kappa shape index (κ1) is 20.8. The molecule has 3 aromatic rings. The number of amides is 1. The molecule has 6 heteroatoms. The maximum atomic E-state index is 13.1. The van der Waals surface area contributed by atoms with Crippen LogP contribution < -0.4 is 10.9 Å². The average Bonchev–Trinajstić information content (AvgIpc) is 2.68. The van der Waals surface area contributed by atoms with Gasteiger partial charge in [-0.25, -0.2) is 4.98 Å². The minimum Gasteiger partial charge on any atom is -0.324 e. The number of hydrogen-bond acceptors (Lipinski definition) is 3. The summed E-state index contributed by atoms with van der Waals surface area (Å²) in [6.45, 7) is 7.49. The van der Waals surface area contributed by atoms with E-state index in [0.29, 0.717) is 28.5 Å². The Morgan fingerprint density at radius 3 is 2.28 bits per heavy atom. The van der Waals surface area contributed by atoms with Gasteiger partial charge in [-0.2, -0.15) is 0 Å². The highest BCUT2D eigenvalue weighted by atomic mass is 35.5. The van der Waals surface area contributed by atoms with Crippen LogP contribution in [0.5, 0.6) is 0 Å². The third kappa shape index (κ3) is 4.40. The van der Waals surface area contributed by atoms with Crippen molar-refractivity contribution in [2.45, 2.75) is 40.7 Å². The van der Waals surface area contributed by atoms with E-state index in [1.165, 1.54) is 4.57 Å². The Labute approximate surface area is 175 Å². The molecule has 1 amide bonds. The van der Waals surface area contributed by atoms with Gasteiger partial charge in [-0.1, -0.05) is 36.7 Å². The lowest BCUT2D eigenvalue weighted by molar-refractivity contribution is -0.116. The number of rotatable bonds is 5. The van der Waals surface area contributed by atoms with Crippen LogP contribution in [0.3, 0.4) is 0 Å². The fraction of sp³-hybridized carbons (Fsp3) is 0.261. The zero-order valence-electron chi connectivity index (χ0n) is 17.0. The molecule has 5 nitrogen and oxygen atoms in total. The Kier molecular flexibility index (Phi) is 6.18. The summed E-state index contributed by atoms with van der Waals surface area (Å²) >= 11 is 6.00. The maximum absolute atomic E-state index is 13.1. The summed E-state index contributed by atoms with van der Waals surface area (Å²) in [6.07, 6.45) is 0.553. The van der Waals surface area contributed by atoms with E-state index in [4.69, 9.17) is 11.6 Å². The van der Waals surface area contributed by atoms with Gasteiger partial charge in [-0.05, 0) is 62.6 Å². The van der Waals surface area contributed by atoms with E-state index in [-0.39, 0.29) is 18.0 Å². The monoisotopic (exact) mass is 409 g/mol. The van der Waals surface area contributed by atoms with Crippen LogP contribution in [0, 0.1) is 20.8 Å². The number of nitrogens with one attached hydrogen (secondary N) is 1. The molecule has 0 spiro atoms. The van der Waals surface area contributed by atoms with Gasteiger partial charge in [0.1, 0.15) is 12.4 Å². The lowest BCUT2D eigenvalue weighted by Crippen LogP contribution is -2.32. The number of nitrogens with zero attached hydrogens (tertiary/aromatic N) is 2. The second-order valence-electron chi connectivity index (χ2n) is 7.07. The molecule has 1 heterocycles. The van der Waals surface area contributed by atoms with Crippen LogP contribution in [0.1, 0.15) is 29.3 Å². The Morgan fingerprint density at radius 1 is 1.07 bits per heavy atom. The zero-order chi connectivity index (χ0) is 21.1. The van der Waals surface area contributed by atoms with Crippen molar-refractivity contribution in [2.24, 2.45) is 0 Å². The number of aryl methyl sites for hydroxylation is 3. The minimum atomic E-state index is -0.271. The van der Waals surface area contributed by atoms with Crippen LogP contribution in [0.4, 0.5) is 5.69 Å².